The van der Waals surface area contributed by atoms with Gasteiger partial charge in [0.15, 0.2) is 0 Å². The molecule has 2 rings (SSSR count). The summed E-state index contributed by atoms with van der Waals surface area (Å²) in [4.78, 5) is 13.1. The van der Waals surface area contributed by atoms with Crippen molar-refractivity contribution in [1.82, 2.24) is 4.90 Å². The first kappa shape index (κ1) is 17.4. The van der Waals surface area contributed by atoms with E-state index in [9.17, 15) is 18.0 Å². The van der Waals surface area contributed by atoms with Gasteiger partial charge in [-0.2, -0.15) is 13.2 Å². The Balaban J connectivity index is 2.21. The summed E-state index contributed by atoms with van der Waals surface area (Å²) in [6, 6.07) is 3.92. The molecule has 0 aromatic heterocycles. The second-order valence-electron chi connectivity index (χ2n) is 5.47. The fraction of sp³-hybridized carbons (Fsp3) is 0.533. The second kappa shape index (κ2) is 6.64. The molecule has 7 heteroatoms. The minimum Gasteiger partial charge on any atom is -0.496 e. The van der Waals surface area contributed by atoms with Crippen molar-refractivity contribution < 1.29 is 22.7 Å². The van der Waals surface area contributed by atoms with Crippen molar-refractivity contribution in [2.75, 3.05) is 20.2 Å². The van der Waals surface area contributed by atoms with E-state index in [1.807, 2.05) is 19.1 Å². The van der Waals surface area contributed by atoms with Crippen LogP contribution in [-0.2, 0) is 11.2 Å². The summed E-state index contributed by atoms with van der Waals surface area (Å²) in [5.41, 5.74) is 2.11. The van der Waals surface area contributed by atoms with E-state index >= 15 is 0 Å². The van der Waals surface area contributed by atoms with E-state index in [2.05, 4.69) is 22.6 Å². The molecule has 0 saturated carbocycles. The van der Waals surface area contributed by atoms with Gasteiger partial charge >= 0.3 is 6.18 Å². The average Bonchev–Trinajstić information content (AvgIpc) is 2.56. The molecule has 0 fully saturated rings. The number of rotatable bonds is 2. The van der Waals surface area contributed by atoms with E-state index < -0.39 is 18.5 Å². The minimum absolute atomic E-state index is 0.00546. The molecule has 0 saturated heterocycles. The molecule has 0 radical (unpaired) electrons. The third kappa shape index (κ3) is 4.05. The fourth-order valence-corrected chi connectivity index (χ4v) is 3.44. The van der Waals surface area contributed by atoms with Crippen LogP contribution in [0, 0.1) is 3.57 Å². The summed E-state index contributed by atoms with van der Waals surface area (Å²) in [5, 5.41) is 0. The van der Waals surface area contributed by atoms with Crippen molar-refractivity contribution in [3.63, 3.8) is 0 Å². The summed E-state index contributed by atoms with van der Waals surface area (Å²) < 4.78 is 43.5. The zero-order valence-corrected chi connectivity index (χ0v) is 14.5. The van der Waals surface area contributed by atoms with Crippen molar-refractivity contribution in [3.05, 3.63) is 26.8 Å². The van der Waals surface area contributed by atoms with Crippen LogP contribution in [0.15, 0.2) is 12.1 Å². The van der Waals surface area contributed by atoms with Crippen molar-refractivity contribution in [1.29, 1.82) is 0 Å². The van der Waals surface area contributed by atoms with Crippen LogP contribution in [0.3, 0.4) is 0 Å². The van der Waals surface area contributed by atoms with Gasteiger partial charge in [-0.05, 0) is 58.2 Å². The van der Waals surface area contributed by atoms with Gasteiger partial charge in [0.2, 0.25) is 5.91 Å². The molecule has 3 nitrogen and oxygen atoms in total. The maximum absolute atomic E-state index is 12.4. The number of methoxy groups -OCH3 is 1. The second-order valence-corrected chi connectivity index (χ2v) is 6.63. The Bertz CT molecular complexity index is 575. The zero-order valence-electron chi connectivity index (χ0n) is 12.3. The van der Waals surface area contributed by atoms with Gasteiger partial charge in [0.25, 0.3) is 0 Å². The van der Waals surface area contributed by atoms with E-state index in [0.717, 1.165) is 20.4 Å². The van der Waals surface area contributed by atoms with Crippen molar-refractivity contribution >= 4 is 28.5 Å². The van der Waals surface area contributed by atoms with Crippen LogP contribution in [0.4, 0.5) is 13.2 Å². The number of carbonyl (C=O) groups excluding carboxylic acids is 1. The van der Waals surface area contributed by atoms with Crippen LogP contribution in [0.2, 0.25) is 0 Å². The Morgan fingerprint density at radius 1 is 1.45 bits per heavy atom. The Morgan fingerprint density at radius 2 is 2.14 bits per heavy atom. The lowest BCUT2D eigenvalue weighted by Gasteiger charge is -2.23. The lowest BCUT2D eigenvalue weighted by Crippen LogP contribution is -2.36. The van der Waals surface area contributed by atoms with Crippen LogP contribution in [0.5, 0.6) is 5.75 Å². The summed E-state index contributed by atoms with van der Waals surface area (Å²) >= 11 is 2.17. The highest BCUT2D eigenvalue weighted by atomic mass is 127. The minimum atomic E-state index is -4.46. The molecule has 1 unspecified atom stereocenters. The number of fused-ring (bicyclic) bond motifs is 1. The summed E-state index contributed by atoms with van der Waals surface area (Å²) in [7, 11) is 1.59. The van der Waals surface area contributed by atoms with Gasteiger partial charge in [0, 0.05) is 13.1 Å². The van der Waals surface area contributed by atoms with Gasteiger partial charge in [-0.15, -0.1) is 0 Å². The molecule has 1 amide bonds. The largest absolute Gasteiger partial charge is 0.496 e. The third-order valence-electron chi connectivity index (χ3n) is 3.79. The molecule has 0 spiro atoms. The number of nitrogens with zero attached hydrogens (tertiary/aromatic N) is 1. The van der Waals surface area contributed by atoms with E-state index in [0.29, 0.717) is 19.5 Å². The summed E-state index contributed by atoms with van der Waals surface area (Å²) in [6.07, 6.45) is -5.31. The number of carbonyl (C=O) groups is 1. The highest BCUT2D eigenvalue weighted by molar-refractivity contribution is 14.1. The van der Waals surface area contributed by atoms with Crippen molar-refractivity contribution in [3.8, 4) is 5.75 Å². The van der Waals surface area contributed by atoms with Gasteiger partial charge in [-0.25, -0.2) is 0 Å². The molecule has 1 aromatic rings. The maximum atomic E-state index is 12.4. The van der Waals surface area contributed by atoms with Gasteiger partial charge in [-0.3, -0.25) is 4.79 Å². The molecule has 0 aliphatic carbocycles. The molecule has 0 N–H and O–H groups in total. The zero-order chi connectivity index (χ0) is 16.5. The van der Waals surface area contributed by atoms with E-state index in [-0.39, 0.29) is 5.92 Å². The van der Waals surface area contributed by atoms with E-state index in [1.54, 1.807) is 7.11 Å². The summed E-state index contributed by atoms with van der Waals surface area (Å²) in [6.45, 7) is 2.54. The lowest BCUT2D eigenvalue weighted by atomic mass is 9.95. The smallest absolute Gasteiger partial charge is 0.397 e. The highest BCUT2D eigenvalue weighted by Crippen LogP contribution is 2.33. The number of halogens is 4. The Morgan fingerprint density at radius 3 is 2.73 bits per heavy atom. The topological polar surface area (TPSA) is 29.5 Å². The lowest BCUT2D eigenvalue weighted by molar-refractivity contribution is -0.161. The van der Waals surface area contributed by atoms with Crippen LogP contribution in [-0.4, -0.2) is 37.2 Å². The van der Waals surface area contributed by atoms with Gasteiger partial charge in [-0.1, -0.05) is 6.92 Å². The number of benzene rings is 1. The quantitative estimate of drug-likeness (QED) is 0.674. The first-order valence-corrected chi connectivity index (χ1v) is 8.00. The normalized spacial score (nSPS) is 18.6. The van der Waals surface area contributed by atoms with Crippen LogP contribution in [0.25, 0.3) is 0 Å². The number of hydrogen-bond donors (Lipinski definition) is 0. The number of alkyl halides is 3. The van der Waals surface area contributed by atoms with Crippen LogP contribution in [0.1, 0.15) is 30.4 Å². The molecule has 22 heavy (non-hydrogen) atoms. The predicted octanol–water partition coefficient (Wildman–Crippen LogP) is 3.74. The molecule has 1 aliphatic heterocycles. The standard InChI is InChI=1S/C15H17F3INO2/c1-9-8-20(14(21)7-15(16,17)18)4-3-10-5-13(22-2)12(19)6-11(9)10/h5-6,9H,3-4,7-8H2,1-2H3. The molecule has 1 aliphatic rings. The van der Waals surface area contributed by atoms with Crippen molar-refractivity contribution in [2.45, 2.75) is 31.9 Å². The molecular weight excluding hydrogens is 410 g/mol. The number of hydrogen-bond acceptors (Lipinski definition) is 2. The SMILES string of the molecule is COc1cc2c(cc1I)C(C)CN(C(=O)CC(F)(F)F)CC2. The molecular formula is C15H17F3INO2. The fourth-order valence-electron chi connectivity index (χ4n) is 2.73. The first-order valence-electron chi connectivity index (χ1n) is 6.92. The maximum Gasteiger partial charge on any atom is 0.397 e. The van der Waals surface area contributed by atoms with E-state index in [1.165, 1.54) is 4.90 Å². The van der Waals surface area contributed by atoms with Crippen LogP contribution < -0.4 is 4.74 Å². The molecule has 0 bridgehead atoms. The first-order chi connectivity index (χ1) is 10.2. The van der Waals surface area contributed by atoms with Gasteiger partial charge < -0.3 is 9.64 Å². The molecule has 122 valence electrons. The number of amides is 1. The predicted molar refractivity (Wildman–Crippen MR) is 85.1 cm³/mol. The van der Waals surface area contributed by atoms with E-state index in [4.69, 9.17) is 4.74 Å². The number of ether oxygens (including phenoxy) is 1. The Hall–Kier alpha value is -0.990. The monoisotopic (exact) mass is 427 g/mol. The third-order valence-corrected chi connectivity index (χ3v) is 4.64. The summed E-state index contributed by atoms with van der Waals surface area (Å²) in [5.74, 6) is -0.107. The van der Waals surface area contributed by atoms with Crippen molar-refractivity contribution in [2.24, 2.45) is 0 Å². The molecule has 1 aromatic carbocycles. The molecule has 1 heterocycles. The van der Waals surface area contributed by atoms with Gasteiger partial charge in [0.05, 0.1) is 10.7 Å². The Labute approximate surface area is 141 Å². The average molecular weight is 427 g/mol. The Kier molecular flexibility index (Phi) is 5.24. The van der Waals surface area contributed by atoms with Crippen LogP contribution >= 0.6 is 22.6 Å². The highest BCUT2D eigenvalue weighted by Gasteiger charge is 2.34. The van der Waals surface area contributed by atoms with Gasteiger partial charge in [0.1, 0.15) is 12.2 Å². The molecule has 1 atom stereocenters.